The first-order valence-corrected chi connectivity index (χ1v) is 5.80. The Hall–Kier alpha value is -1.53. The molecule has 0 amide bonds. The average molecular weight is 263 g/mol. The number of aryl methyl sites for hydroxylation is 1. The van der Waals surface area contributed by atoms with Gasteiger partial charge >= 0.3 is 6.18 Å². The highest BCUT2D eigenvalue weighted by molar-refractivity contribution is 5.30. The fourth-order valence-electron chi connectivity index (χ4n) is 1.48. The van der Waals surface area contributed by atoms with Gasteiger partial charge in [-0.15, -0.1) is 0 Å². The molecule has 0 atom stereocenters. The second-order valence-corrected chi connectivity index (χ2v) is 3.92. The topological polar surface area (TPSA) is 46.9 Å². The maximum atomic E-state index is 11.9. The van der Waals surface area contributed by atoms with Crippen LogP contribution >= 0.6 is 0 Å². The number of rotatable bonds is 6. The first kappa shape index (κ1) is 14.5. The van der Waals surface area contributed by atoms with Crippen LogP contribution in [0.25, 0.3) is 0 Å². The highest BCUT2D eigenvalue weighted by atomic mass is 19.4. The molecular formula is C11H16F3N3O. The summed E-state index contributed by atoms with van der Waals surface area (Å²) in [7, 11) is 0. The van der Waals surface area contributed by atoms with E-state index in [1.165, 1.54) is 10.8 Å². The van der Waals surface area contributed by atoms with Crippen molar-refractivity contribution in [2.45, 2.75) is 38.9 Å². The summed E-state index contributed by atoms with van der Waals surface area (Å²) in [6.45, 7) is 2.58. The molecule has 0 saturated heterocycles. The van der Waals surface area contributed by atoms with Gasteiger partial charge in [0.25, 0.3) is 5.56 Å². The predicted molar refractivity (Wildman–Crippen MR) is 62.6 cm³/mol. The molecule has 0 unspecified atom stereocenters. The van der Waals surface area contributed by atoms with Crippen molar-refractivity contribution in [1.82, 2.24) is 9.55 Å². The molecule has 1 N–H and O–H groups in total. The number of hydrogen-bond acceptors (Lipinski definition) is 3. The van der Waals surface area contributed by atoms with Gasteiger partial charge in [0.15, 0.2) is 5.82 Å². The lowest BCUT2D eigenvalue weighted by molar-refractivity contribution is -0.134. The maximum absolute atomic E-state index is 11.9. The summed E-state index contributed by atoms with van der Waals surface area (Å²) in [5.74, 6) is 0.105. The van der Waals surface area contributed by atoms with Gasteiger partial charge in [0.05, 0.1) is 0 Å². The van der Waals surface area contributed by atoms with Crippen LogP contribution in [0.15, 0.2) is 17.2 Å². The Morgan fingerprint density at radius 2 is 2.17 bits per heavy atom. The van der Waals surface area contributed by atoms with E-state index in [2.05, 4.69) is 10.3 Å². The summed E-state index contributed by atoms with van der Waals surface area (Å²) in [6.07, 6.45) is -1.27. The number of nitrogens with one attached hydrogen (secondary N) is 1. The van der Waals surface area contributed by atoms with Crippen LogP contribution in [0.3, 0.4) is 0 Å². The summed E-state index contributed by atoms with van der Waals surface area (Å²) < 4.78 is 37.2. The minimum atomic E-state index is -4.16. The Kier molecular flexibility index (Phi) is 5.18. The fourth-order valence-corrected chi connectivity index (χ4v) is 1.48. The number of halogens is 3. The number of anilines is 1. The smallest absolute Gasteiger partial charge is 0.365 e. The second-order valence-electron chi connectivity index (χ2n) is 3.92. The molecule has 0 bridgehead atoms. The van der Waals surface area contributed by atoms with Crippen LogP contribution in [0.5, 0.6) is 0 Å². The van der Waals surface area contributed by atoms with Crippen LogP contribution in [-0.2, 0) is 6.54 Å². The maximum Gasteiger partial charge on any atom is 0.389 e. The molecular weight excluding hydrogens is 247 g/mol. The third-order valence-electron chi connectivity index (χ3n) is 2.31. The molecule has 0 saturated carbocycles. The van der Waals surface area contributed by atoms with E-state index in [1.54, 1.807) is 6.20 Å². The largest absolute Gasteiger partial charge is 0.389 e. The van der Waals surface area contributed by atoms with Crippen molar-refractivity contribution in [1.29, 1.82) is 0 Å². The monoisotopic (exact) mass is 263 g/mol. The normalized spacial score (nSPS) is 11.6. The van der Waals surface area contributed by atoms with E-state index in [0.29, 0.717) is 6.54 Å². The van der Waals surface area contributed by atoms with Crippen LogP contribution in [0.2, 0.25) is 0 Å². The van der Waals surface area contributed by atoms with Gasteiger partial charge < -0.3 is 9.88 Å². The van der Waals surface area contributed by atoms with E-state index >= 15 is 0 Å². The Morgan fingerprint density at radius 1 is 1.44 bits per heavy atom. The summed E-state index contributed by atoms with van der Waals surface area (Å²) in [4.78, 5) is 15.6. The highest BCUT2D eigenvalue weighted by Crippen LogP contribution is 2.20. The molecule has 0 aliphatic rings. The average Bonchev–Trinajstić information content (AvgIpc) is 2.28. The first-order chi connectivity index (χ1) is 8.44. The van der Waals surface area contributed by atoms with Crippen LogP contribution in [0.1, 0.15) is 26.2 Å². The van der Waals surface area contributed by atoms with Gasteiger partial charge in [-0.1, -0.05) is 6.92 Å². The zero-order chi connectivity index (χ0) is 13.6. The SMILES string of the molecule is CCCn1ccnc(NCCCC(F)(F)F)c1=O. The van der Waals surface area contributed by atoms with Crippen molar-refractivity contribution in [3.8, 4) is 0 Å². The number of nitrogens with zero attached hydrogens (tertiary/aromatic N) is 2. The predicted octanol–water partition coefficient (Wildman–Crippen LogP) is 2.41. The van der Waals surface area contributed by atoms with E-state index in [1.807, 2.05) is 6.92 Å². The molecule has 102 valence electrons. The quantitative estimate of drug-likeness (QED) is 0.802. The molecule has 0 aliphatic heterocycles. The molecule has 0 aromatic carbocycles. The fraction of sp³-hybridized carbons (Fsp3) is 0.636. The first-order valence-electron chi connectivity index (χ1n) is 5.80. The number of aromatic nitrogens is 2. The van der Waals surface area contributed by atoms with Gasteiger partial charge in [-0.2, -0.15) is 13.2 Å². The molecule has 0 fully saturated rings. The molecule has 1 rings (SSSR count). The molecule has 1 aromatic rings. The Bertz CT molecular complexity index is 428. The Balaban J connectivity index is 2.52. The molecule has 1 aromatic heterocycles. The second kappa shape index (κ2) is 6.42. The van der Waals surface area contributed by atoms with Crippen molar-refractivity contribution in [2.75, 3.05) is 11.9 Å². The van der Waals surface area contributed by atoms with Crippen LogP contribution in [0, 0.1) is 0 Å². The van der Waals surface area contributed by atoms with Crippen molar-refractivity contribution < 1.29 is 13.2 Å². The van der Waals surface area contributed by atoms with Crippen molar-refractivity contribution in [3.63, 3.8) is 0 Å². The van der Waals surface area contributed by atoms with Gasteiger partial charge in [0.2, 0.25) is 0 Å². The van der Waals surface area contributed by atoms with Crippen molar-refractivity contribution >= 4 is 5.82 Å². The van der Waals surface area contributed by atoms with E-state index < -0.39 is 12.6 Å². The lowest BCUT2D eigenvalue weighted by atomic mass is 10.3. The van der Waals surface area contributed by atoms with E-state index in [4.69, 9.17) is 0 Å². The van der Waals surface area contributed by atoms with Gasteiger partial charge in [-0.3, -0.25) is 4.79 Å². The summed E-state index contributed by atoms with van der Waals surface area (Å²) >= 11 is 0. The van der Waals surface area contributed by atoms with E-state index in [9.17, 15) is 18.0 Å². The summed E-state index contributed by atoms with van der Waals surface area (Å²) in [5, 5.41) is 2.64. The lowest BCUT2D eigenvalue weighted by Crippen LogP contribution is -2.25. The number of alkyl halides is 3. The summed E-state index contributed by atoms with van der Waals surface area (Å²) in [5.41, 5.74) is -0.300. The molecule has 4 nitrogen and oxygen atoms in total. The highest BCUT2D eigenvalue weighted by Gasteiger charge is 2.25. The standard InChI is InChI=1S/C11H16F3N3O/c1-2-7-17-8-6-16-9(10(17)18)15-5-3-4-11(12,13)14/h6,8H,2-5,7H2,1H3,(H,15,16). The summed E-state index contributed by atoms with van der Waals surface area (Å²) in [6, 6.07) is 0. The molecule has 18 heavy (non-hydrogen) atoms. The zero-order valence-corrected chi connectivity index (χ0v) is 10.1. The third kappa shape index (κ3) is 4.77. The van der Waals surface area contributed by atoms with Crippen molar-refractivity contribution in [2.24, 2.45) is 0 Å². The Labute approximate surface area is 103 Å². The molecule has 1 heterocycles. The van der Waals surface area contributed by atoms with Crippen molar-refractivity contribution in [3.05, 3.63) is 22.7 Å². The van der Waals surface area contributed by atoms with Crippen LogP contribution < -0.4 is 10.9 Å². The molecule has 0 radical (unpaired) electrons. The van der Waals surface area contributed by atoms with E-state index in [0.717, 1.165) is 6.42 Å². The molecule has 0 spiro atoms. The number of hydrogen-bond donors (Lipinski definition) is 1. The Morgan fingerprint density at radius 3 is 2.78 bits per heavy atom. The van der Waals surface area contributed by atoms with Gasteiger partial charge in [-0.25, -0.2) is 4.98 Å². The lowest BCUT2D eigenvalue weighted by Gasteiger charge is -2.09. The van der Waals surface area contributed by atoms with Crippen LogP contribution in [0.4, 0.5) is 19.0 Å². The van der Waals surface area contributed by atoms with Crippen LogP contribution in [-0.4, -0.2) is 22.3 Å². The minimum absolute atomic E-state index is 0.0761. The molecule has 7 heteroatoms. The molecule has 0 aliphatic carbocycles. The minimum Gasteiger partial charge on any atom is -0.365 e. The third-order valence-corrected chi connectivity index (χ3v) is 2.31. The zero-order valence-electron chi connectivity index (χ0n) is 10.1. The van der Waals surface area contributed by atoms with Gasteiger partial charge in [0, 0.05) is 31.9 Å². The van der Waals surface area contributed by atoms with Gasteiger partial charge in [0.1, 0.15) is 0 Å². The van der Waals surface area contributed by atoms with Gasteiger partial charge in [-0.05, 0) is 12.8 Å². The van der Waals surface area contributed by atoms with E-state index in [-0.39, 0.29) is 24.3 Å².